The van der Waals surface area contributed by atoms with Gasteiger partial charge in [0.2, 0.25) is 0 Å². The maximum absolute atomic E-state index is 6.02. The van der Waals surface area contributed by atoms with Gasteiger partial charge in [-0.3, -0.25) is 4.90 Å². The second kappa shape index (κ2) is 8.00. The SMILES string of the molecule is COCCN(C(C)C)C(CN)c1ccc(C)cc1Br. The Hall–Kier alpha value is -0.420. The van der Waals surface area contributed by atoms with Crippen molar-refractivity contribution in [3.05, 3.63) is 33.8 Å². The van der Waals surface area contributed by atoms with Gasteiger partial charge in [-0.25, -0.2) is 0 Å². The molecule has 3 nitrogen and oxygen atoms in total. The summed E-state index contributed by atoms with van der Waals surface area (Å²) in [7, 11) is 1.73. The molecule has 1 unspecified atom stereocenters. The van der Waals surface area contributed by atoms with Crippen LogP contribution >= 0.6 is 15.9 Å². The van der Waals surface area contributed by atoms with Crippen molar-refractivity contribution < 1.29 is 4.74 Å². The first-order chi connectivity index (χ1) is 9.01. The molecule has 0 aliphatic rings. The Morgan fingerprint density at radius 3 is 2.53 bits per heavy atom. The van der Waals surface area contributed by atoms with Gasteiger partial charge < -0.3 is 10.5 Å². The fraction of sp³-hybridized carbons (Fsp3) is 0.600. The first kappa shape index (κ1) is 16.6. The van der Waals surface area contributed by atoms with Gasteiger partial charge in [-0.05, 0) is 38.0 Å². The molecule has 108 valence electrons. The molecule has 0 spiro atoms. The molecular formula is C15H25BrN2O. The first-order valence-electron chi connectivity index (χ1n) is 6.72. The Kier molecular flexibility index (Phi) is 7.00. The van der Waals surface area contributed by atoms with Gasteiger partial charge in [0.05, 0.1) is 6.61 Å². The van der Waals surface area contributed by atoms with E-state index >= 15 is 0 Å². The van der Waals surface area contributed by atoms with Crippen LogP contribution in [0.4, 0.5) is 0 Å². The van der Waals surface area contributed by atoms with Crippen molar-refractivity contribution in [2.45, 2.75) is 32.9 Å². The number of benzene rings is 1. The number of hydrogen-bond donors (Lipinski definition) is 1. The number of aryl methyl sites for hydroxylation is 1. The van der Waals surface area contributed by atoms with Crippen LogP contribution in [0.3, 0.4) is 0 Å². The minimum atomic E-state index is 0.213. The lowest BCUT2D eigenvalue weighted by Crippen LogP contribution is -2.40. The van der Waals surface area contributed by atoms with E-state index in [1.54, 1.807) is 7.11 Å². The Morgan fingerprint density at radius 2 is 2.05 bits per heavy atom. The zero-order valence-corrected chi connectivity index (χ0v) is 13.9. The van der Waals surface area contributed by atoms with Gasteiger partial charge >= 0.3 is 0 Å². The molecule has 0 bridgehead atoms. The summed E-state index contributed by atoms with van der Waals surface area (Å²) in [5, 5.41) is 0. The monoisotopic (exact) mass is 328 g/mol. The highest BCUT2D eigenvalue weighted by molar-refractivity contribution is 9.10. The molecule has 1 aromatic rings. The van der Waals surface area contributed by atoms with Crippen molar-refractivity contribution in [2.75, 3.05) is 26.8 Å². The zero-order chi connectivity index (χ0) is 14.4. The van der Waals surface area contributed by atoms with Gasteiger partial charge in [-0.2, -0.15) is 0 Å². The molecule has 0 radical (unpaired) electrons. The predicted octanol–water partition coefficient (Wildman–Crippen LogP) is 3.11. The van der Waals surface area contributed by atoms with Gasteiger partial charge in [0, 0.05) is 36.8 Å². The highest BCUT2D eigenvalue weighted by Crippen LogP contribution is 2.29. The molecule has 4 heteroatoms. The molecule has 0 fully saturated rings. The molecule has 0 aliphatic carbocycles. The summed E-state index contributed by atoms with van der Waals surface area (Å²) in [5.74, 6) is 0. The van der Waals surface area contributed by atoms with Crippen LogP contribution in [0.25, 0.3) is 0 Å². The number of nitrogens with zero attached hydrogens (tertiary/aromatic N) is 1. The molecule has 0 aromatic heterocycles. The second-order valence-electron chi connectivity index (χ2n) is 5.10. The Bertz CT molecular complexity index is 396. The largest absolute Gasteiger partial charge is 0.383 e. The molecule has 1 aromatic carbocycles. The molecule has 1 atom stereocenters. The maximum atomic E-state index is 6.02. The van der Waals surface area contributed by atoms with Crippen LogP contribution in [0.1, 0.15) is 31.0 Å². The van der Waals surface area contributed by atoms with Crippen LogP contribution < -0.4 is 5.73 Å². The van der Waals surface area contributed by atoms with Crippen molar-refractivity contribution >= 4 is 15.9 Å². The lowest BCUT2D eigenvalue weighted by Gasteiger charge is -2.35. The van der Waals surface area contributed by atoms with Crippen LogP contribution in [0.5, 0.6) is 0 Å². The lowest BCUT2D eigenvalue weighted by molar-refractivity contribution is 0.0977. The minimum Gasteiger partial charge on any atom is -0.383 e. The number of rotatable bonds is 7. The van der Waals surface area contributed by atoms with E-state index in [2.05, 4.69) is 59.8 Å². The van der Waals surface area contributed by atoms with Gasteiger partial charge in [-0.15, -0.1) is 0 Å². The molecular weight excluding hydrogens is 304 g/mol. The van der Waals surface area contributed by atoms with Gasteiger partial charge in [-0.1, -0.05) is 28.1 Å². The molecule has 1 rings (SSSR count). The van der Waals surface area contributed by atoms with Crippen LogP contribution in [-0.2, 0) is 4.74 Å². The standard InChI is InChI=1S/C15H25BrN2O/c1-11(2)18(7-8-19-4)15(10-17)13-6-5-12(3)9-14(13)16/h5-6,9,11,15H,7-8,10,17H2,1-4H3. The van der Waals surface area contributed by atoms with E-state index in [1.165, 1.54) is 11.1 Å². The fourth-order valence-electron chi connectivity index (χ4n) is 2.31. The molecule has 2 N–H and O–H groups in total. The summed E-state index contributed by atoms with van der Waals surface area (Å²) in [4.78, 5) is 2.39. The van der Waals surface area contributed by atoms with Crippen molar-refractivity contribution in [3.8, 4) is 0 Å². The number of ether oxygens (including phenoxy) is 1. The zero-order valence-electron chi connectivity index (χ0n) is 12.3. The van der Waals surface area contributed by atoms with Gasteiger partial charge in [0.25, 0.3) is 0 Å². The normalized spacial score (nSPS) is 13.3. The average molecular weight is 329 g/mol. The van der Waals surface area contributed by atoms with Crippen molar-refractivity contribution in [1.82, 2.24) is 4.90 Å². The van der Waals surface area contributed by atoms with Crippen molar-refractivity contribution in [3.63, 3.8) is 0 Å². The van der Waals surface area contributed by atoms with Crippen LogP contribution in [0.15, 0.2) is 22.7 Å². The van der Waals surface area contributed by atoms with E-state index in [-0.39, 0.29) is 6.04 Å². The van der Waals surface area contributed by atoms with Crippen LogP contribution in [-0.4, -0.2) is 37.7 Å². The number of methoxy groups -OCH3 is 1. The first-order valence-corrected chi connectivity index (χ1v) is 7.51. The minimum absolute atomic E-state index is 0.213. The van der Waals surface area contributed by atoms with E-state index in [0.29, 0.717) is 12.6 Å². The molecule has 0 heterocycles. The third kappa shape index (κ3) is 4.56. The fourth-order valence-corrected chi connectivity index (χ4v) is 3.07. The molecule has 0 saturated heterocycles. The van der Waals surface area contributed by atoms with Gasteiger partial charge in [0.1, 0.15) is 0 Å². The summed E-state index contributed by atoms with van der Waals surface area (Å²) in [5.41, 5.74) is 8.52. The van der Waals surface area contributed by atoms with E-state index in [9.17, 15) is 0 Å². The topological polar surface area (TPSA) is 38.5 Å². The summed E-state index contributed by atoms with van der Waals surface area (Å²) in [6.07, 6.45) is 0. The van der Waals surface area contributed by atoms with Gasteiger partial charge in [0.15, 0.2) is 0 Å². The second-order valence-corrected chi connectivity index (χ2v) is 5.96. The summed E-state index contributed by atoms with van der Waals surface area (Å²) in [6, 6.07) is 7.09. The summed E-state index contributed by atoms with van der Waals surface area (Å²) >= 11 is 3.66. The highest BCUT2D eigenvalue weighted by atomic mass is 79.9. The third-order valence-corrected chi connectivity index (χ3v) is 4.04. The van der Waals surface area contributed by atoms with Crippen molar-refractivity contribution in [2.24, 2.45) is 5.73 Å². The van der Waals surface area contributed by atoms with Crippen LogP contribution in [0, 0.1) is 6.92 Å². The average Bonchev–Trinajstić information content (AvgIpc) is 2.35. The summed E-state index contributed by atoms with van der Waals surface area (Å²) in [6.45, 7) is 8.69. The maximum Gasteiger partial charge on any atom is 0.0590 e. The number of nitrogens with two attached hydrogens (primary N) is 1. The molecule has 0 saturated carbocycles. The Balaban J connectivity index is 3.01. The molecule has 0 amide bonds. The molecule has 0 aliphatic heterocycles. The van der Waals surface area contributed by atoms with E-state index in [1.807, 2.05) is 0 Å². The Morgan fingerprint density at radius 1 is 1.37 bits per heavy atom. The van der Waals surface area contributed by atoms with E-state index < -0.39 is 0 Å². The smallest absolute Gasteiger partial charge is 0.0590 e. The quantitative estimate of drug-likeness (QED) is 0.835. The third-order valence-electron chi connectivity index (χ3n) is 3.36. The number of hydrogen-bond acceptors (Lipinski definition) is 3. The van der Waals surface area contributed by atoms with Crippen molar-refractivity contribution in [1.29, 1.82) is 0 Å². The van der Waals surface area contributed by atoms with E-state index in [4.69, 9.17) is 10.5 Å². The summed E-state index contributed by atoms with van der Waals surface area (Å²) < 4.78 is 6.34. The Labute approximate surface area is 125 Å². The number of halogens is 1. The lowest BCUT2D eigenvalue weighted by atomic mass is 10.0. The van der Waals surface area contributed by atoms with Crippen LogP contribution in [0.2, 0.25) is 0 Å². The molecule has 19 heavy (non-hydrogen) atoms. The highest BCUT2D eigenvalue weighted by Gasteiger charge is 2.23. The van der Waals surface area contributed by atoms with E-state index in [0.717, 1.165) is 17.6 Å². The predicted molar refractivity (Wildman–Crippen MR) is 84.4 cm³/mol.